The second-order valence-electron chi connectivity index (χ2n) is 4.14. The van der Waals surface area contributed by atoms with Crippen molar-refractivity contribution < 1.29 is 4.74 Å². The number of hydrogen-bond acceptors (Lipinski definition) is 3. The van der Waals surface area contributed by atoms with E-state index in [2.05, 4.69) is 4.90 Å². The lowest BCUT2D eigenvalue weighted by atomic mass is 10.1. The Kier molecular flexibility index (Phi) is 3.56. The minimum absolute atomic E-state index is 0.352. The fourth-order valence-corrected chi connectivity index (χ4v) is 2.26. The van der Waals surface area contributed by atoms with Crippen molar-refractivity contribution in [2.75, 3.05) is 25.1 Å². The summed E-state index contributed by atoms with van der Waals surface area (Å²) in [5.41, 5.74) is 7.03. The van der Waals surface area contributed by atoms with Crippen LogP contribution >= 0.6 is 11.6 Å². The highest BCUT2D eigenvalue weighted by Crippen LogP contribution is 2.30. The first-order valence-corrected chi connectivity index (χ1v) is 5.92. The zero-order valence-electron chi connectivity index (χ0n) is 9.45. The summed E-state index contributed by atoms with van der Waals surface area (Å²) in [6, 6.07) is 6.26. The van der Waals surface area contributed by atoms with Gasteiger partial charge in [-0.25, -0.2) is 0 Å². The Morgan fingerprint density at radius 2 is 2.06 bits per heavy atom. The topological polar surface area (TPSA) is 38.5 Å². The average molecular weight is 241 g/mol. The van der Waals surface area contributed by atoms with Crippen LogP contribution in [0.4, 0.5) is 5.69 Å². The Balaban J connectivity index is 2.12. The van der Waals surface area contributed by atoms with Crippen molar-refractivity contribution in [1.82, 2.24) is 0 Å². The molecule has 0 spiro atoms. The molecule has 0 unspecified atom stereocenters. The molecule has 0 bridgehead atoms. The predicted octanol–water partition coefficient (Wildman–Crippen LogP) is 2.28. The van der Waals surface area contributed by atoms with Crippen molar-refractivity contribution in [2.45, 2.75) is 18.9 Å². The second kappa shape index (κ2) is 4.93. The zero-order valence-corrected chi connectivity index (χ0v) is 10.2. The molecule has 2 N–H and O–H groups in total. The Morgan fingerprint density at radius 1 is 1.38 bits per heavy atom. The number of hydrogen-bond donors (Lipinski definition) is 1. The van der Waals surface area contributed by atoms with Crippen LogP contribution in [0.2, 0.25) is 5.02 Å². The lowest BCUT2D eigenvalue weighted by Crippen LogP contribution is -2.39. The molecule has 4 heteroatoms. The predicted molar refractivity (Wildman–Crippen MR) is 67.4 cm³/mol. The van der Waals surface area contributed by atoms with Gasteiger partial charge in [-0.1, -0.05) is 11.6 Å². The first-order chi connectivity index (χ1) is 7.70. The summed E-state index contributed by atoms with van der Waals surface area (Å²) in [6.45, 7) is 2.01. The zero-order chi connectivity index (χ0) is 11.5. The van der Waals surface area contributed by atoms with Crippen LogP contribution in [0, 0.1) is 0 Å². The quantitative estimate of drug-likeness (QED) is 0.862. The first kappa shape index (κ1) is 11.6. The van der Waals surface area contributed by atoms with Crippen LogP contribution in [0.25, 0.3) is 0 Å². The number of ether oxygens (including phenoxy) is 1. The van der Waals surface area contributed by atoms with Gasteiger partial charge in [-0.05, 0) is 31.0 Å². The Morgan fingerprint density at radius 3 is 2.62 bits per heavy atom. The summed E-state index contributed by atoms with van der Waals surface area (Å²) in [5.74, 6) is 0.721. The Labute approximate surface area is 101 Å². The maximum absolute atomic E-state index is 6.10. The minimum Gasteiger partial charge on any atom is -0.495 e. The molecule has 1 heterocycles. The van der Waals surface area contributed by atoms with E-state index >= 15 is 0 Å². The molecule has 0 aliphatic carbocycles. The smallest absolute Gasteiger partial charge is 0.137 e. The number of nitrogens with two attached hydrogens (primary N) is 1. The van der Waals surface area contributed by atoms with Gasteiger partial charge >= 0.3 is 0 Å². The van der Waals surface area contributed by atoms with Crippen LogP contribution < -0.4 is 15.4 Å². The fraction of sp³-hybridized carbons (Fsp3) is 0.500. The van der Waals surface area contributed by atoms with Crippen LogP contribution in [-0.4, -0.2) is 26.2 Å². The molecule has 2 rings (SSSR count). The van der Waals surface area contributed by atoms with Gasteiger partial charge in [0.1, 0.15) is 5.75 Å². The third-order valence-corrected chi connectivity index (χ3v) is 3.34. The molecule has 0 saturated carbocycles. The minimum atomic E-state index is 0.352. The molecule has 3 nitrogen and oxygen atoms in total. The number of anilines is 1. The van der Waals surface area contributed by atoms with E-state index in [-0.39, 0.29) is 0 Å². The van der Waals surface area contributed by atoms with Gasteiger partial charge in [0.15, 0.2) is 0 Å². The number of halogens is 1. The molecule has 1 aliphatic rings. The van der Waals surface area contributed by atoms with Crippen molar-refractivity contribution in [2.24, 2.45) is 5.73 Å². The van der Waals surface area contributed by atoms with E-state index in [1.165, 1.54) is 0 Å². The maximum atomic E-state index is 6.10. The third kappa shape index (κ3) is 2.42. The second-order valence-corrected chi connectivity index (χ2v) is 4.55. The highest BCUT2D eigenvalue weighted by molar-refractivity contribution is 6.32. The maximum Gasteiger partial charge on any atom is 0.137 e. The van der Waals surface area contributed by atoms with Crippen molar-refractivity contribution >= 4 is 17.3 Å². The van der Waals surface area contributed by atoms with Gasteiger partial charge in [-0.3, -0.25) is 0 Å². The Bertz CT molecular complexity index is 362. The van der Waals surface area contributed by atoms with E-state index < -0.39 is 0 Å². The Hall–Kier alpha value is -0.930. The van der Waals surface area contributed by atoms with E-state index in [0.29, 0.717) is 11.1 Å². The summed E-state index contributed by atoms with van der Waals surface area (Å²) in [4.78, 5) is 2.31. The molecule has 88 valence electrons. The lowest BCUT2D eigenvalue weighted by Gasteiger charge is -2.32. The van der Waals surface area contributed by atoms with Gasteiger partial charge < -0.3 is 15.4 Å². The molecular weight excluding hydrogens is 224 g/mol. The van der Waals surface area contributed by atoms with Crippen molar-refractivity contribution in [3.63, 3.8) is 0 Å². The van der Waals surface area contributed by atoms with E-state index in [1.54, 1.807) is 7.11 Å². The van der Waals surface area contributed by atoms with Crippen molar-refractivity contribution in [3.05, 3.63) is 23.2 Å². The fourth-order valence-electron chi connectivity index (χ4n) is 2.01. The molecule has 1 aromatic rings. The van der Waals surface area contributed by atoms with Crippen LogP contribution in [-0.2, 0) is 0 Å². The average Bonchev–Trinajstić information content (AvgIpc) is 2.30. The first-order valence-electron chi connectivity index (χ1n) is 5.55. The molecule has 0 radical (unpaired) electrons. The molecule has 1 aromatic carbocycles. The number of benzene rings is 1. The number of rotatable bonds is 2. The van der Waals surface area contributed by atoms with Gasteiger partial charge in [-0.2, -0.15) is 0 Å². The summed E-state index contributed by atoms with van der Waals surface area (Å²) in [5, 5.41) is 0.662. The van der Waals surface area contributed by atoms with E-state index in [0.717, 1.165) is 37.4 Å². The molecule has 0 atom stereocenters. The molecule has 16 heavy (non-hydrogen) atoms. The third-order valence-electron chi connectivity index (χ3n) is 3.04. The van der Waals surface area contributed by atoms with Gasteiger partial charge in [0.05, 0.1) is 12.1 Å². The monoisotopic (exact) mass is 240 g/mol. The summed E-state index contributed by atoms with van der Waals surface area (Å²) in [6.07, 6.45) is 2.09. The standard InChI is InChI=1S/C12H17ClN2O/c1-16-12-3-2-10(8-11(12)13)15-6-4-9(14)5-7-15/h2-3,8-9H,4-7,14H2,1H3. The van der Waals surface area contributed by atoms with Gasteiger partial charge in [-0.15, -0.1) is 0 Å². The molecular formula is C12H17ClN2O. The molecule has 0 amide bonds. The number of nitrogens with zero attached hydrogens (tertiary/aromatic N) is 1. The number of methoxy groups -OCH3 is 1. The lowest BCUT2D eigenvalue weighted by molar-refractivity contribution is 0.415. The summed E-state index contributed by atoms with van der Waals surface area (Å²) in [7, 11) is 1.63. The molecule has 0 aromatic heterocycles. The highest BCUT2D eigenvalue weighted by atomic mass is 35.5. The van der Waals surface area contributed by atoms with Crippen molar-refractivity contribution in [1.29, 1.82) is 0 Å². The van der Waals surface area contributed by atoms with Crippen LogP contribution in [0.3, 0.4) is 0 Å². The molecule has 1 aliphatic heterocycles. The van der Waals surface area contributed by atoms with E-state index in [1.807, 2.05) is 18.2 Å². The largest absolute Gasteiger partial charge is 0.495 e. The van der Waals surface area contributed by atoms with E-state index in [4.69, 9.17) is 22.1 Å². The van der Waals surface area contributed by atoms with Crippen LogP contribution in [0.15, 0.2) is 18.2 Å². The molecule has 1 saturated heterocycles. The number of piperidine rings is 1. The van der Waals surface area contributed by atoms with E-state index in [9.17, 15) is 0 Å². The van der Waals surface area contributed by atoms with Crippen LogP contribution in [0.1, 0.15) is 12.8 Å². The highest BCUT2D eigenvalue weighted by Gasteiger charge is 2.16. The van der Waals surface area contributed by atoms with Crippen LogP contribution in [0.5, 0.6) is 5.75 Å². The normalized spacial score (nSPS) is 17.6. The van der Waals surface area contributed by atoms with Crippen molar-refractivity contribution in [3.8, 4) is 5.75 Å². The summed E-state index contributed by atoms with van der Waals surface area (Å²) < 4.78 is 5.13. The van der Waals surface area contributed by atoms with Gasteiger partial charge in [0.25, 0.3) is 0 Å². The molecule has 1 fully saturated rings. The SMILES string of the molecule is COc1ccc(N2CCC(N)CC2)cc1Cl. The van der Waals surface area contributed by atoms with Gasteiger partial charge in [0, 0.05) is 24.8 Å². The summed E-state index contributed by atoms with van der Waals surface area (Å²) >= 11 is 6.10. The van der Waals surface area contributed by atoms with Gasteiger partial charge in [0.2, 0.25) is 0 Å².